The van der Waals surface area contributed by atoms with E-state index in [0.29, 0.717) is 18.7 Å². The summed E-state index contributed by atoms with van der Waals surface area (Å²) >= 11 is 0. The standard InChI is InChI=1S/C19H21F3N2O/c1-3-23-18(25)13-24(2)12-14-8-10-15(11-9-14)16-6-4-5-7-17(16)19(20,21)22/h4-11H,3,12-13H2,1-2H3,(H,23,25). The van der Waals surface area contributed by atoms with Crippen LogP contribution in [0.4, 0.5) is 13.2 Å². The summed E-state index contributed by atoms with van der Waals surface area (Å²) in [6.45, 7) is 3.25. The first kappa shape index (κ1) is 19.0. The Morgan fingerprint density at radius 3 is 2.32 bits per heavy atom. The van der Waals surface area contributed by atoms with Crippen molar-refractivity contribution in [1.82, 2.24) is 10.2 Å². The minimum Gasteiger partial charge on any atom is -0.355 e. The zero-order valence-electron chi connectivity index (χ0n) is 14.2. The number of nitrogens with one attached hydrogen (secondary N) is 1. The number of benzene rings is 2. The summed E-state index contributed by atoms with van der Waals surface area (Å²) in [4.78, 5) is 13.4. The van der Waals surface area contributed by atoms with Gasteiger partial charge in [0.05, 0.1) is 12.1 Å². The minimum absolute atomic E-state index is 0.0549. The summed E-state index contributed by atoms with van der Waals surface area (Å²) in [7, 11) is 1.82. The van der Waals surface area contributed by atoms with Gasteiger partial charge in [0, 0.05) is 13.1 Å². The summed E-state index contributed by atoms with van der Waals surface area (Å²) in [5, 5.41) is 2.73. The second kappa shape index (κ2) is 8.16. The molecule has 1 N–H and O–H groups in total. The van der Waals surface area contributed by atoms with Crippen LogP contribution in [0.5, 0.6) is 0 Å². The number of hydrogen-bond acceptors (Lipinski definition) is 2. The average Bonchev–Trinajstić information content (AvgIpc) is 2.55. The Morgan fingerprint density at radius 1 is 1.08 bits per heavy atom. The lowest BCUT2D eigenvalue weighted by Crippen LogP contribution is -2.34. The Labute approximate surface area is 145 Å². The minimum atomic E-state index is -4.39. The first-order valence-electron chi connectivity index (χ1n) is 8.02. The van der Waals surface area contributed by atoms with E-state index in [1.807, 2.05) is 18.9 Å². The zero-order valence-corrected chi connectivity index (χ0v) is 14.2. The number of nitrogens with zero attached hydrogens (tertiary/aromatic N) is 1. The van der Waals surface area contributed by atoms with Gasteiger partial charge in [0.1, 0.15) is 0 Å². The van der Waals surface area contributed by atoms with Crippen molar-refractivity contribution in [3.05, 3.63) is 59.7 Å². The molecule has 3 nitrogen and oxygen atoms in total. The van der Waals surface area contributed by atoms with E-state index < -0.39 is 11.7 Å². The molecule has 0 unspecified atom stereocenters. The number of carbonyl (C=O) groups is 1. The molecular weight excluding hydrogens is 329 g/mol. The Hall–Kier alpha value is -2.34. The van der Waals surface area contributed by atoms with Crippen LogP contribution in [0.15, 0.2) is 48.5 Å². The highest BCUT2D eigenvalue weighted by Gasteiger charge is 2.33. The van der Waals surface area contributed by atoms with Crippen molar-refractivity contribution in [3.8, 4) is 11.1 Å². The number of likely N-dealkylation sites (N-methyl/N-ethyl adjacent to an activating group) is 2. The SMILES string of the molecule is CCNC(=O)CN(C)Cc1ccc(-c2ccccc2C(F)(F)F)cc1. The first-order valence-corrected chi connectivity index (χ1v) is 8.02. The molecule has 0 aliphatic rings. The van der Waals surface area contributed by atoms with Crippen molar-refractivity contribution in [3.63, 3.8) is 0 Å². The lowest BCUT2D eigenvalue weighted by molar-refractivity contribution is -0.137. The molecule has 0 bridgehead atoms. The van der Waals surface area contributed by atoms with Crippen LogP contribution in [0.2, 0.25) is 0 Å². The third kappa shape index (κ3) is 5.32. The number of carbonyl (C=O) groups excluding carboxylic acids is 1. The summed E-state index contributed by atoms with van der Waals surface area (Å²) < 4.78 is 39.4. The molecule has 2 aromatic rings. The van der Waals surface area contributed by atoms with E-state index in [4.69, 9.17) is 0 Å². The maximum absolute atomic E-state index is 13.1. The average molecular weight is 350 g/mol. The molecule has 2 rings (SSSR count). The third-order valence-electron chi connectivity index (χ3n) is 3.74. The highest BCUT2D eigenvalue weighted by Crippen LogP contribution is 2.36. The normalized spacial score (nSPS) is 11.6. The Kier molecular flexibility index (Phi) is 6.20. The van der Waals surface area contributed by atoms with E-state index in [0.717, 1.165) is 11.6 Å². The molecule has 0 saturated carbocycles. The molecule has 0 aliphatic heterocycles. The monoisotopic (exact) mass is 350 g/mol. The second-order valence-corrected chi connectivity index (χ2v) is 5.87. The molecule has 134 valence electrons. The summed E-state index contributed by atoms with van der Waals surface area (Å²) in [6.07, 6.45) is -4.39. The lowest BCUT2D eigenvalue weighted by atomic mass is 9.98. The van der Waals surface area contributed by atoms with Gasteiger partial charge in [0.2, 0.25) is 5.91 Å². The van der Waals surface area contributed by atoms with Crippen LogP contribution in [0.3, 0.4) is 0 Å². The van der Waals surface area contributed by atoms with Crippen molar-refractivity contribution in [2.24, 2.45) is 0 Å². The van der Waals surface area contributed by atoms with Crippen molar-refractivity contribution < 1.29 is 18.0 Å². The van der Waals surface area contributed by atoms with Crippen molar-refractivity contribution >= 4 is 5.91 Å². The molecule has 25 heavy (non-hydrogen) atoms. The van der Waals surface area contributed by atoms with Crippen LogP contribution < -0.4 is 5.32 Å². The number of alkyl halides is 3. The molecule has 0 aromatic heterocycles. The van der Waals surface area contributed by atoms with Gasteiger partial charge in [-0.2, -0.15) is 13.2 Å². The summed E-state index contributed by atoms with van der Waals surface area (Å²) in [5.41, 5.74) is 0.969. The van der Waals surface area contributed by atoms with Crippen LogP contribution in [-0.2, 0) is 17.5 Å². The van der Waals surface area contributed by atoms with Gasteiger partial charge in [-0.1, -0.05) is 42.5 Å². The van der Waals surface area contributed by atoms with E-state index in [9.17, 15) is 18.0 Å². The number of rotatable bonds is 6. The van der Waals surface area contributed by atoms with Gasteiger partial charge in [0.25, 0.3) is 0 Å². The van der Waals surface area contributed by atoms with Gasteiger partial charge in [-0.25, -0.2) is 0 Å². The van der Waals surface area contributed by atoms with Crippen LogP contribution in [0.25, 0.3) is 11.1 Å². The van der Waals surface area contributed by atoms with Gasteiger partial charge >= 0.3 is 6.18 Å². The molecule has 0 radical (unpaired) electrons. The fraction of sp³-hybridized carbons (Fsp3) is 0.316. The van der Waals surface area contributed by atoms with Crippen LogP contribution in [-0.4, -0.2) is 30.9 Å². The van der Waals surface area contributed by atoms with Gasteiger partial charge in [-0.05, 0) is 36.7 Å². The fourth-order valence-electron chi connectivity index (χ4n) is 2.64. The third-order valence-corrected chi connectivity index (χ3v) is 3.74. The Bertz CT molecular complexity index is 711. The molecule has 0 spiro atoms. The van der Waals surface area contributed by atoms with E-state index in [2.05, 4.69) is 5.32 Å². The molecule has 1 amide bonds. The van der Waals surface area contributed by atoms with E-state index in [-0.39, 0.29) is 18.0 Å². The van der Waals surface area contributed by atoms with E-state index >= 15 is 0 Å². The highest BCUT2D eigenvalue weighted by molar-refractivity contribution is 5.77. The first-order chi connectivity index (χ1) is 11.8. The molecule has 0 fully saturated rings. The smallest absolute Gasteiger partial charge is 0.355 e. The topological polar surface area (TPSA) is 32.3 Å². The van der Waals surface area contributed by atoms with E-state index in [1.54, 1.807) is 30.3 Å². The van der Waals surface area contributed by atoms with E-state index in [1.165, 1.54) is 12.1 Å². The number of halogens is 3. The highest BCUT2D eigenvalue weighted by atomic mass is 19.4. The second-order valence-electron chi connectivity index (χ2n) is 5.87. The van der Waals surface area contributed by atoms with Crippen LogP contribution in [0, 0.1) is 0 Å². The van der Waals surface area contributed by atoms with Crippen molar-refractivity contribution in [2.75, 3.05) is 20.1 Å². The van der Waals surface area contributed by atoms with Gasteiger partial charge in [-0.15, -0.1) is 0 Å². The van der Waals surface area contributed by atoms with Gasteiger partial charge in [0.15, 0.2) is 0 Å². The number of amides is 1. The molecule has 0 heterocycles. The van der Waals surface area contributed by atoms with Crippen molar-refractivity contribution in [1.29, 1.82) is 0 Å². The van der Waals surface area contributed by atoms with Gasteiger partial charge < -0.3 is 5.32 Å². The summed E-state index contributed by atoms with van der Waals surface area (Å²) in [6, 6.07) is 12.5. The number of hydrogen-bond donors (Lipinski definition) is 1. The van der Waals surface area contributed by atoms with Crippen molar-refractivity contribution in [2.45, 2.75) is 19.6 Å². The molecule has 0 atom stereocenters. The fourth-order valence-corrected chi connectivity index (χ4v) is 2.64. The Morgan fingerprint density at radius 2 is 1.72 bits per heavy atom. The quantitative estimate of drug-likeness (QED) is 0.856. The molecule has 0 aliphatic carbocycles. The molecule has 2 aromatic carbocycles. The lowest BCUT2D eigenvalue weighted by Gasteiger charge is -2.17. The predicted octanol–water partition coefficient (Wildman–Crippen LogP) is 3.94. The largest absolute Gasteiger partial charge is 0.417 e. The predicted molar refractivity (Wildman–Crippen MR) is 91.9 cm³/mol. The molecular formula is C19H21F3N2O. The Balaban J connectivity index is 2.12. The molecule has 6 heteroatoms. The maximum atomic E-state index is 13.1. The summed E-state index contributed by atoms with van der Waals surface area (Å²) in [5.74, 6) is -0.0549. The molecule has 0 saturated heterocycles. The van der Waals surface area contributed by atoms with Crippen LogP contribution in [0.1, 0.15) is 18.1 Å². The van der Waals surface area contributed by atoms with Crippen LogP contribution >= 0.6 is 0 Å². The zero-order chi connectivity index (χ0) is 18.4. The van der Waals surface area contributed by atoms with Gasteiger partial charge in [-0.3, -0.25) is 9.69 Å². The maximum Gasteiger partial charge on any atom is 0.417 e.